The van der Waals surface area contributed by atoms with Crippen LogP contribution in [0.2, 0.25) is 0 Å². The molecule has 1 aliphatic rings. The SMILES string of the molecule is C1=Cc2ccc(-c3nc(-c4ccc5ccccc5c4)nc(-c4cccc5oc6cccc(-c7cccc8c7oc7ccccc78)c6c45)n3)cc2CC1. The third kappa shape index (κ3) is 4.53. The number of para-hydroxylation sites is 2. The molecular formula is C47H29N3O2. The molecule has 0 fully saturated rings. The molecule has 0 bridgehead atoms. The lowest BCUT2D eigenvalue weighted by atomic mass is 9.95. The molecule has 1 aliphatic carbocycles. The van der Waals surface area contributed by atoms with Gasteiger partial charge < -0.3 is 8.83 Å². The molecule has 0 spiro atoms. The highest BCUT2D eigenvalue weighted by molar-refractivity contribution is 6.20. The van der Waals surface area contributed by atoms with Crippen LogP contribution in [0.4, 0.5) is 0 Å². The number of nitrogens with zero attached hydrogens (tertiary/aromatic N) is 3. The fourth-order valence-electron chi connectivity index (χ4n) is 7.89. The number of benzene rings is 7. The summed E-state index contributed by atoms with van der Waals surface area (Å²) in [6, 6.07) is 48.2. The molecule has 52 heavy (non-hydrogen) atoms. The summed E-state index contributed by atoms with van der Waals surface area (Å²) in [6.07, 6.45) is 6.47. The van der Waals surface area contributed by atoms with Crippen LogP contribution in [-0.4, -0.2) is 15.0 Å². The highest BCUT2D eigenvalue weighted by atomic mass is 16.3. The van der Waals surface area contributed by atoms with Crippen molar-refractivity contribution in [3.8, 4) is 45.3 Å². The second kappa shape index (κ2) is 11.3. The fourth-order valence-corrected chi connectivity index (χ4v) is 7.89. The minimum Gasteiger partial charge on any atom is -0.456 e. The molecule has 0 atom stereocenters. The van der Waals surface area contributed by atoms with E-state index in [1.54, 1.807) is 0 Å². The first-order valence-corrected chi connectivity index (χ1v) is 17.7. The molecule has 3 aromatic heterocycles. The van der Waals surface area contributed by atoms with E-state index in [1.807, 2.05) is 36.4 Å². The van der Waals surface area contributed by atoms with E-state index >= 15 is 0 Å². The number of aryl methyl sites for hydroxylation is 1. The van der Waals surface area contributed by atoms with Crippen molar-refractivity contribution in [2.45, 2.75) is 12.8 Å². The van der Waals surface area contributed by atoms with E-state index in [-0.39, 0.29) is 0 Å². The molecule has 0 N–H and O–H groups in total. The summed E-state index contributed by atoms with van der Waals surface area (Å²) >= 11 is 0. The summed E-state index contributed by atoms with van der Waals surface area (Å²) < 4.78 is 13.1. The van der Waals surface area contributed by atoms with Crippen LogP contribution in [0.1, 0.15) is 17.5 Å². The topological polar surface area (TPSA) is 65.0 Å². The first kappa shape index (κ1) is 28.9. The van der Waals surface area contributed by atoms with Gasteiger partial charge in [-0.25, -0.2) is 15.0 Å². The predicted octanol–water partition coefficient (Wildman–Crippen LogP) is 12.5. The zero-order valence-electron chi connectivity index (χ0n) is 28.0. The van der Waals surface area contributed by atoms with Crippen molar-refractivity contribution in [3.05, 3.63) is 157 Å². The van der Waals surface area contributed by atoms with Gasteiger partial charge in [-0.15, -0.1) is 0 Å². The Morgan fingerprint density at radius 1 is 0.462 bits per heavy atom. The van der Waals surface area contributed by atoms with Crippen LogP contribution in [0.25, 0.3) is 106 Å². The number of rotatable bonds is 4. The molecule has 5 nitrogen and oxygen atoms in total. The molecular weight excluding hydrogens is 639 g/mol. The maximum Gasteiger partial charge on any atom is 0.164 e. The van der Waals surface area contributed by atoms with Gasteiger partial charge in [-0.3, -0.25) is 0 Å². The fraction of sp³-hybridized carbons (Fsp3) is 0.0426. The highest BCUT2D eigenvalue weighted by Gasteiger charge is 2.22. The first-order chi connectivity index (χ1) is 25.7. The normalized spacial score (nSPS) is 12.8. The molecule has 0 amide bonds. The summed E-state index contributed by atoms with van der Waals surface area (Å²) in [5.41, 5.74) is 10.7. The quantitative estimate of drug-likeness (QED) is 0.187. The van der Waals surface area contributed by atoms with E-state index in [4.69, 9.17) is 23.8 Å². The van der Waals surface area contributed by atoms with Gasteiger partial charge >= 0.3 is 0 Å². The van der Waals surface area contributed by atoms with Crippen LogP contribution < -0.4 is 0 Å². The van der Waals surface area contributed by atoms with E-state index in [2.05, 4.69) is 115 Å². The zero-order chi connectivity index (χ0) is 34.2. The van der Waals surface area contributed by atoms with Gasteiger partial charge in [-0.05, 0) is 70.6 Å². The zero-order valence-corrected chi connectivity index (χ0v) is 28.0. The number of aromatic nitrogens is 3. The van der Waals surface area contributed by atoms with E-state index in [0.29, 0.717) is 17.5 Å². The van der Waals surface area contributed by atoms with Crippen LogP contribution >= 0.6 is 0 Å². The van der Waals surface area contributed by atoms with Gasteiger partial charge in [-0.2, -0.15) is 0 Å². The number of hydrogen-bond acceptors (Lipinski definition) is 5. The van der Waals surface area contributed by atoms with Crippen molar-refractivity contribution in [2.75, 3.05) is 0 Å². The Balaban J connectivity index is 1.17. The molecule has 244 valence electrons. The average molecular weight is 668 g/mol. The van der Waals surface area contributed by atoms with E-state index in [1.165, 1.54) is 16.5 Å². The Bertz CT molecular complexity index is 3090. The van der Waals surface area contributed by atoms with Crippen molar-refractivity contribution >= 4 is 60.7 Å². The Morgan fingerprint density at radius 3 is 2.00 bits per heavy atom. The first-order valence-electron chi connectivity index (χ1n) is 17.7. The Hall–Kier alpha value is -6.85. The van der Waals surface area contributed by atoms with E-state index < -0.39 is 0 Å². The van der Waals surface area contributed by atoms with Crippen LogP contribution in [0, 0.1) is 0 Å². The Morgan fingerprint density at radius 2 is 1.12 bits per heavy atom. The maximum atomic E-state index is 6.58. The van der Waals surface area contributed by atoms with Gasteiger partial charge in [0.05, 0.1) is 0 Å². The number of hydrogen-bond donors (Lipinski definition) is 0. The molecule has 0 radical (unpaired) electrons. The summed E-state index contributed by atoms with van der Waals surface area (Å²) in [5.74, 6) is 1.86. The second-order valence-corrected chi connectivity index (χ2v) is 13.5. The van der Waals surface area contributed by atoms with Gasteiger partial charge in [0.1, 0.15) is 22.3 Å². The third-order valence-electron chi connectivity index (χ3n) is 10.4. The van der Waals surface area contributed by atoms with Crippen molar-refractivity contribution in [1.82, 2.24) is 15.0 Å². The third-order valence-corrected chi connectivity index (χ3v) is 10.4. The predicted molar refractivity (Wildman–Crippen MR) is 211 cm³/mol. The van der Waals surface area contributed by atoms with Gasteiger partial charge in [0, 0.05) is 43.8 Å². The molecule has 0 unspecified atom stereocenters. The molecule has 10 aromatic rings. The Labute approximate surface area is 298 Å². The van der Waals surface area contributed by atoms with Crippen molar-refractivity contribution in [1.29, 1.82) is 0 Å². The van der Waals surface area contributed by atoms with Crippen molar-refractivity contribution in [3.63, 3.8) is 0 Å². The molecule has 5 heteroatoms. The summed E-state index contributed by atoms with van der Waals surface area (Å²) in [4.78, 5) is 15.6. The maximum absolute atomic E-state index is 6.58. The lowest BCUT2D eigenvalue weighted by molar-refractivity contribution is 0.668. The smallest absolute Gasteiger partial charge is 0.164 e. The molecule has 7 aromatic carbocycles. The monoisotopic (exact) mass is 667 g/mol. The summed E-state index contributed by atoms with van der Waals surface area (Å²) in [6.45, 7) is 0. The van der Waals surface area contributed by atoms with Crippen LogP contribution in [0.15, 0.2) is 154 Å². The number of furan rings is 2. The molecule has 11 rings (SSSR count). The summed E-state index contributed by atoms with van der Waals surface area (Å²) in [5, 5.41) is 6.44. The van der Waals surface area contributed by atoms with Crippen molar-refractivity contribution in [2.24, 2.45) is 0 Å². The molecule has 3 heterocycles. The molecule has 0 saturated carbocycles. The van der Waals surface area contributed by atoms with Gasteiger partial charge in [-0.1, -0.05) is 121 Å². The van der Waals surface area contributed by atoms with Crippen LogP contribution in [-0.2, 0) is 6.42 Å². The van der Waals surface area contributed by atoms with Gasteiger partial charge in [0.2, 0.25) is 0 Å². The lowest BCUT2D eigenvalue weighted by Gasteiger charge is -2.13. The lowest BCUT2D eigenvalue weighted by Crippen LogP contribution is -2.02. The van der Waals surface area contributed by atoms with Crippen molar-refractivity contribution < 1.29 is 8.83 Å². The second-order valence-electron chi connectivity index (χ2n) is 13.5. The number of fused-ring (bicyclic) bond motifs is 8. The largest absolute Gasteiger partial charge is 0.456 e. The Kier molecular flexibility index (Phi) is 6.31. The van der Waals surface area contributed by atoms with E-state index in [9.17, 15) is 0 Å². The van der Waals surface area contributed by atoms with Crippen LogP contribution in [0.5, 0.6) is 0 Å². The van der Waals surface area contributed by atoms with Crippen LogP contribution in [0.3, 0.4) is 0 Å². The standard InChI is InChI=1S/C47H29N3O2/c1-3-12-30-26-32(24-22-28(30)10-1)45-48-46(33-25-23-29-11-2-4-13-31(29)27-33)50-47(49-45)38-18-9-21-41-43(38)42-35(15-8-20-40(42)51-41)37-17-7-16-36-34-14-5-6-19-39(34)52-44(36)37/h1-3,5-12,14-27H,4,13H2. The number of allylic oxidation sites excluding steroid dienone is 1. The minimum absolute atomic E-state index is 0.593. The molecule has 0 saturated heterocycles. The minimum atomic E-state index is 0.593. The summed E-state index contributed by atoms with van der Waals surface area (Å²) in [7, 11) is 0. The van der Waals surface area contributed by atoms with Gasteiger partial charge in [0.25, 0.3) is 0 Å². The van der Waals surface area contributed by atoms with Gasteiger partial charge in [0.15, 0.2) is 17.5 Å². The average Bonchev–Trinajstić information content (AvgIpc) is 3.79. The highest BCUT2D eigenvalue weighted by Crippen LogP contribution is 2.44. The van der Waals surface area contributed by atoms with E-state index in [0.717, 1.165) is 89.9 Å². The molecule has 0 aliphatic heterocycles.